The lowest BCUT2D eigenvalue weighted by molar-refractivity contribution is 0.144. The number of nitrogens with zero attached hydrogens (tertiary/aromatic N) is 2. The van der Waals surface area contributed by atoms with Crippen LogP contribution in [0.15, 0.2) is 54.7 Å². The number of pyridine rings is 1. The van der Waals surface area contributed by atoms with Gasteiger partial charge in [-0.3, -0.25) is 4.98 Å². The van der Waals surface area contributed by atoms with E-state index in [9.17, 15) is 8.96 Å². The average Bonchev–Trinajstić information content (AvgIpc) is 3.13. The fourth-order valence-corrected chi connectivity index (χ4v) is 5.33. The molecule has 0 amide bonds. The van der Waals surface area contributed by atoms with Crippen LogP contribution in [-0.4, -0.2) is 42.8 Å². The smallest absolute Gasteiger partial charge is 0.127 e. The zero-order chi connectivity index (χ0) is 25.5. The summed E-state index contributed by atoms with van der Waals surface area (Å²) in [5.74, 6) is -0.323. The van der Waals surface area contributed by atoms with Gasteiger partial charge in [0.15, 0.2) is 0 Å². The fraction of sp³-hybridized carbons (Fsp3) is 0.259. The van der Waals surface area contributed by atoms with Crippen LogP contribution >= 0.6 is 7.14 Å². The molecular formula is C27H30FN4O2P. The zero-order valence-electron chi connectivity index (χ0n) is 20.6. The van der Waals surface area contributed by atoms with Crippen molar-refractivity contribution in [3.05, 3.63) is 71.8 Å². The molecule has 0 aliphatic heterocycles. The third-order valence-corrected chi connectivity index (χ3v) is 7.51. The van der Waals surface area contributed by atoms with Crippen molar-refractivity contribution < 1.29 is 13.7 Å². The third-order valence-electron chi connectivity index (χ3n) is 6.15. The number of hydrogen-bond acceptors (Lipinski definition) is 5. The van der Waals surface area contributed by atoms with Crippen molar-refractivity contribution in [2.24, 2.45) is 0 Å². The normalized spacial score (nSPS) is 12.3. The summed E-state index contributed by atoms with van der Waals surface area (Å²) in [6.45, 7) is 7.99. The van der Waals surface area contributed by atoms with Crippen molar-refractivity contribution in [3.63, 3.8) is 0 Å². The van der Waals surface area contributed by atoms with Gasteiger partial charge in [0.2, 0.25) is 0 Å². The van der Waals surface area contributed by atoms with Gasteiger partial charge in [-0.05, 0) is 55.8 Å². The van der Waals surface area contributed by atoms with Crippen molar-refractivity contribution in [1.82, 2.24) is 9.55 Å². The van der Waals surface area contributed by atoms with Crippen LogP contribution in [0.5, 0.6) is 0 Å². The van der Waals surface area contributed by atoms with Gasteiger partial charge in [-0.15, -0.1) is 0 Å². The predicted octanol–water partition coefficient (Wildman–Crippen LogP) is 5.58. The molecule has 4 aromatic rings. The van der Waals surface area contributed by atoms with Gasteiger partial charge in [-0.1, -0.05) is 19.9 Å². The van der Waals surface area contributed by atoms with Crippen LogP contribution in [0, 0.1) is 11.2 Å². The van der Waals surface area contributed by atoms with Gasteiger partial charge in [0.25, 0.3) is 0 Å². The molecular weight excluding hydrogens is 462 g/mol. The van der Waals surface area contributed by atoms with Gasteiger partial charge in [0.1, 0.15) is 13.0 Å². The lowest BCUT2D eigenvalue weighted by atomic mass is 9.85. The van der Waals surface area contributed by atoms with Gasteiger partial charge in [0.05, 0.1) is 17.6 Å². The Balaban J connectivity index is 2.17. The summed E-state index contributed by atoms with van der Waals surface area (Å²) >= 11 is 0. The molecule has 0 bridgehead atoms. The van der Waals surface area contributed by atoms with E-state index in [-0.39, 0.29) is 5.82 Å². The topological polar surface area (TPSA) is 94.0 Å². The molecule has 0 unspecified atom stereocenters. The molecule has 2 aromatic heterocycles. The Morgan fingerprint density at radius 1 is 1.17 bits per heavy atom. The van der Waals surface area contributed by atoms with Crippen LogP contribution < -0.4 is 11.2 Å². The Hall–Kier alpha value is -3.28. The molecule has 2 heterocycles. The highest BCUT2D eigenvalue weighted by atomic mass is 31.2. The summed E-state index contributed by atoms with van der Waals surface area (Å²) in [4.78, 5) is 4.53. The van der Waals surface area contributed by atoms with Crippen LogP contribution in [0.4, 0.5) is 10.1 Å². The number of aromatic nitrogens is 2. The first-order chi connectivity index (χ1) is 16.5. The molecule has 0 fully saturated rings. The van der Waals surface area contributed by atoms with E-state index in [4.69, 9.17) is 15.9 Å². The minimum absolute atomic E-state index is 0.323. The van der Waals surface area contributed by atoms with Crippen molar-refractivity contribution in [2.45, 2.75) is 19.3 Å². The number of nitrogens with two attached hydrogens (primary N) is 1. The summed E-state index contributed by atoms with van der Waals surface area (Å²) in [5.41, 5.74) is 11.8. The standard InChI is InChI=1S/C27H30FN4O2P/c1-27(2,16-34-3)26-25(17-6-11-24(31-15-17)35(4,5)33)21-13-22(30)18(14-29)12-23(21)32(26)20-9-7-19(28)8-10-20/h6-15,29H,16,30H2,1-5H3. The van der Waals surface area contributed by atoms with E-state index in [0.717, 1.165) is 33.4 Å². The molecule has 182 valence electrons. The molecule has 0 aliphatic carbocycles. The van der Waals surface area contributed by atoms with Crippen molar-refractivity contribution in [1.29, 1.82) is 5.41 Å². The lowest BCUT2D eigenvalue weighted by Gasteiger charge is -2.28. The highest BCUT2D eigenvalue weighted by Crippen LogP contribution is 2.44. The number of anilines is 1. The van der Waals surface area contributed by atoms with E-state index in [1.807, 2.05) is 18.2 Å². The summed E-state index contributed by atoms with van der Waals surface area (Å²) < 4.78 is 34.1. The van der Waals surface area contributed by atoms with Gasteiger partial charge in [-0.2, -0.15) is 0 Å². The van der Waals surface area contributed by atoms with Crippen LogP contribution in [-0.2, 0) is 14.7 Å². The minimum atomic E-state index is -2.52. The summed E-state index contributed by atoms with van der Waals surface area (Å²) in [6.07, 6.45) is 2.97. The number of nitrogens with one attached hydrogen (secondary N) is 1. The number of fused-ring (bicyclic) bond motifs is 1. The van der Waals surface area contributed by atoms with Crippen LogP contribution in [0.3, 0.4) is 0 Å². The first-order valence-electron chi connectivity index (χ1n) is 11.2. The number of methoxy groups -OCH3 is 1. The Kier molecular flexibility index (Phi) is 6.43. The number of benzene rings is 2. The quantitative estimate of drug-likeness (QED) is 0.200. The molecule has 0 saturated heterocycles. The molecule has 3 N–H and O–H groups in total. The summed E-state index contributed by atoms with van der Waals surface area (Å²) in [5, 5.41) is 8.72. The number of halogens is 1. The summed E-state index contributed by atoms with van der Waals surface area (Å²) in [7, 11) is -0.855. The van der Waals surface area contributed by atoms with E-state index in [0.29, 0.717) is 23.3 Å². The second-order valence-corrected chi connectivity index (χ2v) is 12.9. The van der Waals surface area contributed by atoms with Crippen LogP contribution in [0.25, 0.3) is 27.7 Å². The van der Waals surface area contributed by atoms with E-state index in [1.165, 1.54) is 18.3 Å². The van der Waals surface area contributed by atoms with Crippen molar-refractivity contribution >= 4 is 35.4 Å². The fourth-order valence-electron chi connectivity index (χ4n) is 4.56. The zero-order valence-corrected chi connectivity index (χ0v) is 21.5. The van der Waals surface area contributed by atoms with E-state index < -0.39 is 12.6 Å². The van der Waals surface area contributed by atoms with Gasteiger partial charge >= 0.3 is 0 Å². The van der Waals surface area contributed by atoms with Gasteiger partial charge in [0, 0.05) is 64.1 Å². The molecule has 2 aromatic carbocycles. The average molecular weight is 493 g/mol. The Morgan fingerprint density at radius 3 is 2.40 bits per heavy atom. The van der Waals surface area contributed by atoms with Crippen molar-refractivity contribution in [2.75, 3.05) is 32.8 Å². The number of nitrogen functional groups attached to an aromatic ring is 1. The largest absolute Gasteiger partial charge is 0.398 e. The molecule has 0 saturated carbocycles. The summed E-state index contributed by atoms with van der Waals surface area (Å²) in [6, 6.07) is 13.8. The molecule has 6 nitrogen and oxygen atoms in total. The number of ether oxygens (including phenoxy) is 1. The van der Waals surface area contributed by atoms with E-state index in [1.54, 1.807) is 44.8 Å². The first kappa shape index (κ1) is 24.8. The van der Waals surface area contributed by atoms with Crippen LogP contribution in [0.2, 0.25) is 0 Å². The number of hydrogen-bond donors (Lipinski definition) is 2. The molecule has 0 spiro atoms. The monoisotopic (exact) mass is 492 g/mol. The molecule has 4 rings (SSSR count). The maximum absolute atomic E-state index is 13.8. The van der Waals surface area contributed by atoms with Gasteiger partial charge < -0.3 is 25.0 Å². The molecule has 35 heavy (non-hydrogen) atoms. The maximum atomic E-state index is 13.8. The molecule has 8 heteroatoms. The Bertz CT molecular complexity index is 1450. The Morgan fingerprint density at radius 2 is 1.86 bits per heavy atom. The highest BCUT2D eigenvalue weighted by molar-refractivity contribution is 7.69. The lowest BCUT2D eigenvalue weighted by Crippen LogP contribution is -2.27. The SMILES string of the molecule is COCC(C)(C)c1c(-c2ccc(P(C)(C)=O)nc2)c2cc(N)c(C=N)cc2n1-c1ccc(F)cc1. The second-order valence-electron chi connectivity index (χ2n) is 9.75. The Labute approximate surface area is 204 Å². The highest BCUT2D eigenvalue weighted by Gasteiger charge is 2.32. The number of rotatable bonds is 7. The molecule has 0 atom stereocenters. The van der Waals surface area contributed by atoms with E-state index >= 15 is 0 Å². The predicted molar refractivity (Wildman–Crippen MR) is 143 cm³/mol. The van der Waals surface area contributed by atoms with Gasteiger partial charge in [-0.25, -0.2) is 4.39 Å². The molecule has 0 aliphatic rings. The van der Waals surface area contributed by atoms with Crippen molar-refractivity contribution in [3.8, 4) is 16.8 Å². The third kappa shape index (κ3) is 4.54. The second kappa shape index (κ2) is 9.06. The van der Waals surface area contributed by atoms with E-state index in [2.05, 4.69) is 23.4 Å². The first-order valence-corrected chi connectivity index (χ1v) is 13.8. The maximum Gasteiger partial charge on any atom is 0.127 e. The molecule has 0 radical (unpaired) electrons. The van der Waals surface area contributed by atoms with Crippen LogP contribution in [0.1, 0.15) is 25.1 Å². The minimum Gasteiger partial charge on any atom is -0.398 e.